The van der Waals surface area contributed by atoms with Crippen molar-refractivity contribution in [3.05, 3.63) is 78.0 Å². The van der Waals surface area contributed by atoms with Crippen molar-refractivity contribution in [2.45, 2.75) is 6.42 Å². The number of benzene rings is 2. The van der Waals surface area contributed by atoms with Crippen LogP contribution in [0.3, 0.4) is 0 Å². The van der Waals surface area contributed by atoms with Gasteiger partial charge in [-0.1, -0.05) is 24.3 Å². The SMILES string of the molecule is [CH2]c1ccc(C(=O)NCCc2cccc(F)c2)cc1. The van der Waals surface area contributed by atoms with Crippen molar-refractivity contribution in [2.24, 2.45) is 0 Å². The van der Waals surface area contributed by atoms with Crippen LogP contribution in [-0.4, -0.2) is 12.5 Å². The van der Waals surface area contributed by atoms with Crippen molar-refractivity contribution >= 4 is 5.91 Å². The quantitative estimate of drug-likeness (QED) is 0.895. The summed E-state index contributed by atoms with van der Waals surface area (Å²) in [5.74, 6) is -0.383. The van der Waals surface area contributed by atoms with Gasteiger partial charge in [0.15, 0.2) is 0 Å². The Labute approximate surface area is 112 Å². The fraction of sp³-hybridized carbons (Fsp3) is 0.125. The van der Waals surface area contributed by atoms with E-state index >= 15 is 0 Å². The lowest BCUT2D eigenvalue weighted by molar-refractivity contribution is 0.0954. The lowest BCUT2D eigenvalue weighted by atomic mass is 10.1. The Kier molecular flexibility index (Phi) is 4.29. The summed E-state index contributed by atoms with van der Waals surface area (Å²) in [6.45, 7) is 4.24. The summed E-state index contributed by atoms with van der Waals surface area (Å²) in [4.78, 5) is 11.8. The van der Waals surface area contributed by atoms with E-state index in [0.717, 1.165) is 11.1 Å². The maximum atomic E-state index is 13.0. The van der Waals surface area contributed by atoms with Crippen LogP contribution in [0.4, 0.5) is 4.39 Å². The lowest BCUT2D eigenvalue weighted by Crippen LogP contribution is -2.25. The Balaban J connectivity index is 1.86. The van der Waals surface area contributed by atoms with Gasteiger partial charge in [-0.25, -0.2) is 4.39 Å². The molecule has 0 aliphatic rings. The van der Waals surface area contributed by atoms with E-state index in [4.69, 9.17) is 0 Å². The molecule has 2 aromatic carbocycles. The van der Waals surface area contributed by atoms with Crippen LogP contribution in [-0.2, 0) is 6.42 Å². The number of halogens is 1. The molecule has 0 aliphatic carbocycles. The Bertz CT molecular complexity index is 563. The van der Waals surface area contributed by atoms with Gasteiger partial charge in [-0.05, 0) is 48.7 Å². The maximum absolute atomic E-state index is 13.0. The van der Waals surface area contributed by atoms with Crippen molar-refractivity contribution in [1.82, 2.24) is 5.32 Å². The fourth-order valence-corrected chi connectivity index (χ4v) is 1.77. The fourth-order valence-electron chi connectivity index (χ4n) is 1.77. The molecule has 3 heteroatoms. The van der Waals surface area contributed by atoms with Crippen molar-refractivity contribution in [1.29, 1.82) is 0 Å². The molecule has 0 bridgehead atoms. The summed E-state index contributed by atoms with van der Waals surface area (Å²) in [5, 5.41) is 2.80. The number of carbonyl (C=O) groups is 1. The summed E-state index contributed by atoms with van der Waals surface area (Å²) in [5.41, 5.74) is 2.34. The average Bonchev–Trinajstić information content (AvgIpc) is 2.39. The zero-order valence-corrected chi connectivity index (χ0v) is 10.5. The molecule has 1 N–H and O–H groups in total. The van der Waals surface area contributed by atoms with E-state index in [1.807, 2.05) is 6.07 Å². The van der Waals surface area contributed by atoms with E-state index in [9.17, 15) is 9.18 Å². The third kappa shape index (κ3) is 3.91. The number of rotatable bonds is 4. The number of hydrogen-bond donors (Lipinski definition) is 1. The summed E-state index contributed by atoms with van der Waals surface area (Å²) in [7, 11) is 0. The Morgan fingerprint density at radius 2 is 1.89 bits per heavy atom. The van der Waals surface area contributed by atoms with Crippen LogP contribution in [0.15, 0.2) is 48.5 Å². The van der Waals surface area contributed by atoms with Crippen molar-refractivity contribution < 1.29 is 9.18 Å². The Morgan fingerprint density at radius 3 is 2.58 bits per heavy atom. The molecule has 1 amide bonds. The van der Waals surface area contributed by atoms with Gasteiger partial charge in [0.2, 0.25) is 0 Å². The predicted molar refractivity (Wildman–Crippen MR) is 73.3 cm³/mol. The van der Waals surface area contributed by atoms with Crippen LogP contribution in [0.1, 0.15) is 21.5 Å². The van der Waals surface area contributed by atoms with E-state index in [1.54, 1.807) is 30.3 Å². The molecule has 0 saturated carbocycles. The molecule has 97 valence electrons. The molecule has 0 saturated heterocycles. The van der Waals surface area contributed by atoms with Crippen LogP contribution in [0.25, 0.3) is 0 Å². The van der Waals surface area contributed by atoms with Crippen LogP contribution < -0.4 is 5.32 Å². The third-order valence-electron chi connectivity index (χ3n) is 2.80. The summed E-state index contributed by atoms with van der Waals surface area (Å²) in [6.07, 6.45) is 0.608. The standard InChI is InChI=1S/C16H15FNO/c1-12-5-7-14(8-6-12)16(19)18-10-9-13-3-2-4-15(17)11-13/h2-8,11H,1,9-10H2,(H,18,19). The largest absolute Gasteiger partial charge is 0.352 e. The second-order valence-corrected chi connectivity index (χ2v) is 4.33. The second kappa shape index (κ2) is 6.14. The summed E-state index contributed by atoms with van der Waals surface area (Å²) < 4.78 is 13.0. The molecular formula is C16H15FNO. The number of carbonyl (C=O) groups excluding carboxylic acids is 1. The smallest absolute Gasteiger partial charge is 0.251 e. The number of amides is 1. The molecule has 0 fully saturated rings. The first-order chi connectivity index (χ1) is 9.15. The van der Waals surface area contributed by atoms with Gasteiger partial charge in [0.05, 0.1) is 0 Å². The highest BCUT2D eigenvalue weighted by molar-refractivity contribution is 5.94. The maximum Gasteiger partial charge on any atom is 0.251 e. The van der Waals surface area contributed by atoms with Crippen molar-refractivity contribution in [3.8, 4) is 0 Å². The topological polar surface area (TPSA) is 29.1 Å². The van der Waals surface area contributed by atoms with Gasteiger partial charge in [0.25, 0.3) is 5.91 Å². The third-order valence-corrected chi connectivity index (χ3v) is 2.80. The van der Waals surface area contributed by atoms with Gasteiger partial charge in [-0.3, -0.25) is 4.79 Å². The van der Waals surface area contributed by atoms with Crippen molar-refractivity contribution in [2.75, 3.05) is 6.54 Å². The van der Waals surface area contributed by atoms with Crippen molar-refractivity contribution in [3.63, 3.8) is 0 Å². The van der Waals surface area contributed by atoms with Crippen LogP contribution in [0.2, 0.25) is 0 Å². The number of nitrogens with one attached hydrogen (secondary N) is 1. The van der Waals surface area contributed by atoms with Crippen LogP contribution in [0, 0.1) is 12.7 Å². The number of hydrogen-bond acceptors (Lipinski definition) is 1. The predicted octanol–water partition coefficient (Wildman–Crippen LogP) is 2.98. The molecule has 19 heavy (non-hydrogen) atoms. The minimum absolute atomic E-state index is 0.128. The molecule has 2 rings (SSSR count). The normalized spacial score (nSPS) is 10.2. The van der Waals surface area contributed by atoms with E-state index in [-0.39, 0.29) is 11.7 Å². The van der Waals surface area contributed by atoms with Gasteiger partial charge < -0.3 is 5.32 Å². The zero-order chi connectivity index (χ0) is 13.7. The Morgan fingerprint density at radius 1 is 1.16 bits per heavy atom. The monoisotopic (exact) mass is 256 g/mol. The molecular weight excluding hydrogens is 241 g/mol. The molecule has 0 aliphatic heterocycles. The van der Waals surface area contributed by atoms with Gasteiger partial charge in [-0.15, -0.1) is 0 Å². The molecule has 2 aromatic rings. The summed E-state index contributed by atoms with van der Waals surface area (Å²) in [6, 6.07) is 13.4. The molecule has 1 radical (unpaired) electrons. The highest BCUT2D eigenvalue weighted by Crippen LogP contribution is 2.05. The molecule has 0 spiro atoms. The molecule has 0 unspecified atom stereocenters. The van der Waals surface area contributed by atoms with Crippen LogP contribution in [0.5, 0.6) is 0 Å². The second-order valence-electron chi connectivity index (χ2n) is 4.33. The lowest BCUT2D eigenvalue weighted by Gasteiger charge is -2.06. The van der Waals surface area contributed by atoms with E-state index in [2.05, 4.69) is 12.2 Å². The molecule has 2 nitrogen and oxygen atoms in total. The summed E-state index contributed by atoms with van der Waals surface area (Å²) >= 11 is 0. The molecule has 0 heterocycles. The first-order valence-electron chi connectivity index (χ1n) is 6.10. The van der Waals surface area contributed by atoms with E-state index in [1.165, 1.54) is 12.1 Å². The van der Waals surface area contributed by atoms with Gasteiger partial charge >= 0.3 is 0 Å². The Hall–Kier alpha value is -2.16. The zero-order valence-electron chi connectivity index (χ0n) is 10.5. The average molecular weight is 256 g/mol. The minimum Gasteiger partial charge on any atom is -0.352 e. The van der Waals surface area contributed by atoms with Gasteiger partial charge in [0, 0.05) is 12.1 Å². The van der Waals surface area contributed by atoms with E-state index < -0.39 is 0 Å². The van der Waals surface area contributed by atoms with Crippen LogP contribution >= 0.6 is 0 Å². The van der Waals surface area contributed by atoms with E-state index in [0.29, 0.717) is 18.5 Å². The first-order valence-corrected chi connectivity index (χ1v) is 6.10. The molecule has 0 atom stereocenters. The van der Waals surface area contributed by atoms with Gasteiger partial charge in [0.1, 0.15) is 5.82 Å². The van der Waals surface area contributed by atoms with Gasteiger partial charge in [-0.2, -0.15) is 0 Å². The highest BCUT2D eigenvalue weighted by atomic mass is 19.1. The molecule has 0 aromatic heterocycles. The highest BCUT2D eigenvalue weighted by Gasteiger charge is 2.04. The first kappa shape index (κ1) is 13.3. The minimum atomic E-state index is -0.255.